The molecule has 0 unspecified atom stereocenters. The lowest BCUT2D eigenvalue weighted by molar-refractivity contribution is -0.699. The Bertz CT molecular complexity index is 499. The van der Waals surface area contributed by atoms with Crippen molar-refractivity contribution in [1.82, 2.24) is 4.90 Å². The van der Waals surface area contributed by atoms with E-state index in [2.05, 4.69) is 0 Å². The first-order valence-electron chi connectivity index (χ1n) is 7.33. The third-order valence-electron chi connectivity index (χ3n) is 3.67. The van der Waals surface area contributed by atoms with Crippen LogP contribution in [0.4, 0.5) is 0 Å². The highest BCUT2D eigenvalue weighted by Gasteiger charge is 2.19. The van der Waals surface area contributed by atoms with Gasteiger partial charge in [-0.1, -0.05) is 0 Å². The van der Waals surface area contributed by atoms with E-state index >= 15 is 0 Å². The van der Waals surface area contributed by atoms with Crippen molar-refractivity contribution < 1.29 is 23.9 Å². The van der Waals surface area contributed by atoms with E-state index in [0.717, 1.165) is 12.2 Å². The first kappa shape index (κ1) is 15.6. The molecule has 1 amide bonds. The van der Waals surface area contributed by atoms with E-state index in [0.29, 0.717) is 38.5 Å². The molecule has 21 heavy (non-hydrogen) atoms. The highest BCUT2D eigenvalue weighted by atomic mass is 16.5. The van der Waals surface area contributed by atoms with Crippen LogP contribution < -0.4 is 9.30 Å². The second-order valence-corrected chi connectivity index (χ2v) is 4.99. The van der Waals surface area contributed by atoms with E-state index in [1.54, 1.807) is 11.0 Å². The maximum atomic E-state index is 12.0. The molecule has 0 aromatic carbocycles. The van der Waals surface area contributed by atoms with E-state index in [9.17, 15) is 9.90 Å². The normalized spacial score (nSPS) is 15.0. The Labute approximate surface area is 124 Å². The molecule has 0 saturated carbocycles. The Morgan fingerprint density at radius 1 is 1.48 bits per heavy atom. The molecule has 6 nitrogen and oxygen atoms in total. The highest BCUT2D eigenvalue weighted by Crippen LogP contribution is 2.26. The van der Waals surface area contributed by atoms with Crippen LogP contribution in [-0.4, -0.2) is 48.8 Å². The van der Waals surface area contributed by atoms with Crippen LogP contribution in [0.15, 0.2) is 12.3 Å². The summed E-state index contributed by atoms with van der Waals surface area (Å²) >= 11 is 0. The van der Waals surface area contributed by atoms with E-state index in [4.69, 9.17) is 9.47 Å². The standard InChI is InChI=1S/C15H22N2O4/c1-3-16-6-4-13(18)15(12(16)2)21-9-5-14(19)17-7-10-20-11-8-17/h4,6H,3,5,7-11H2,1-2H3/p+1. The number of nitrogens with zero attached hydrogens (tertiary/aromatic N) is 2. The zero-order valence-electron chi connectivity index (χ0n) is 12.7. The number of amides is 1. The summed E-state index contributed by atoms with van der Waals surface area (Å²) in [7, 11) is 0. The van der Waals surface area contributed by atoms with Crippen molar-refractivity contribution in [2.75, 3.05) is 32.9 Å². The van der Waals surface area contributed by atoms with Gasteiger partial charge in [0.25, 0.3) is 0 Å². The molecule has 2 heterocycles. The van der Waals surface area contributed by atoms with E-state index in [1.165, 1.54) is 0 Å². The maximum Gasteiger partial charge on any atom is 0.228 e. The van der Waals surface area contributed by atoms with Gasteiger partial charge in [-0.3, -0.25) is 4.79 Å². The average molecular weight is 295 g/mol. The zero-order valence-corrected chi connectivity index (χ0v) is 12.7. The number of morpholine rings is 1. The summed E-state index contributed by atoms with van der Waals surface area (Å²) in [5.41, 5.74) is 0.858. The van der Waals surface area contributed by atoms with Crippen molar-refractivity contribution in [1.29, 1.82) is 0 Å². The van der Waals surface area contributed by atoms with Gasteiger partial charge in [-0.15, -0.1) is 0 Å². The molecule has 1 saturated heterocycles. The first-order valence-corrected chi connectivity index (χ1v) is 7.33. The lowest BCUT2D eigenvalue weighted by Crippen LogP contribution is -2.41. The van der Waals surface area contributed by atoms with Crippen molar-refractivity contribution in [3.8, 4) is 11.5 Å². The van der Waals surface area contributed by atoms with Crippen LogP contribution in [0, 0.1) is 6.92 Å². The molecule has 1 aromatic rings. The molecule has 0 bridgehead atoms. The minimum atomic E-state index is 0.0646. The first-order chi connectivity index (χ1) is 10.1. The van der Waals surface area contributed by atoms with E-state index in [1.807, 2.05) is 24.6 Å². The lowest BCUT2D eigenvalue weighted by Gasteiger charge is -2.26. The Kier molecular flexibility index (Phi) is 5.38. The van der Waals surface area contributed by atoms with Crippen LogP contribution in [0.1, 0.15) is 19.0 Å². The van der Waals surface area contributed by atoms with Gasteiger partial charge in [-0.25, -0.2) is 0 Å². The van der Waals surface area contributed by atoms with Crippen LogP contribution in [0.5, 0.6) is 11.5 Å². The van der Waals surface area contributed by atoms with E-state index < -0.39 is 0 Å². The van der Waals surface area contributed by atoms with Gasteiger partial charge in [0.05, 0.1) is 26.2 Å². The smallest absolute Gasteiger partial charge is 0.228 e. The fraction of sp³-hybridized carbons (Fsp3) is 0.600. The van der Waals surface area contributed by atoms with Crippen molar-refractivity contribution in [3.05, 3.63) is 18.0 Å². The Balaban J connectivity index is 1.89. The van der Waals surface area contributed by atoms with Crippen LogP contribution in [0.2, 0.25) is 0 Å². The monoisotopic (exact) mass is 295 g/mol. The van der Waals surface area contributed by atoms with Gasteiger partial charge in [0.15, 0.2) is 11.9 Å². The topological polar surface area (TPSA) is 62.9 Å². The molecular weight excluding hydrogens is 272 g/mol. The van der Waals surface area contributed by atoms with Gasteiger partial charge in [0.2, 0.25) is 17.4 Å². The summed E-state index contributed by atoms with van der Waals surface area (Å²) in [6.45, 7) is 7.46. The Hall–Kier alpha value is -1.82. The summed E-state index contributed by atoms with van der Waals surface area (Å²) in [6, 6.07) is 1.61. The fourth-order valence-corrected chi connectivity index (χ4v) is 2.40. The minimum absolute atomic E-state index is 0.0646. The lowest BCUT2D eigenvalue weighted by atomic mass is 10.3. The second kappa shape index (κ2) is 7.26. The summed E-state index contributed by atoms with van der Waals surface area (Å²) < 4.78 is 12.8. The minimum Gasteiger partial charge on any atom is -0.504 e. The van der Waals surface area contributed by atoms with Crippen LogP contribution in [0.25, 0.3) is 0 Å². The third-order valence-corrected chi connectivity index (χ3v) is 3.67. The second-order valence-electron chi connectivity index (χ2n) is 4.99. The Morgan fingerprint density at radius 3 is 2.86 bits per heavy atom. The predicted octanol–water partition coefficient (Wildman–Crippen LogP) is 0.636. The number of ether oxygens (including phenoxy) is 2. The Morgan fingerprint density at radius 2 is 2.19 bits per heavy atom. The number of aryl methyl sites for hydroxylation is 1. The van der Waals surface area contributed by atoms with Gasteiger partial charge >= 0.3 is 0 Å². The average Bonchev–Trinajstić information content (AvgIpc) is 2.51. The SMILES string of the molecule is CC[n+]1ccc(O)c(OCCC(=O)N2CCOCC2)c1C. The molecule has 1 aliphatic rings. The number of carbonyl (C=O) groups excluding carboxylic acids is 1. The molecule has 1 fully saturated rings. The fourth-order valence-electron chi connectivity index (χ4n) is 2.40. The molecule has 116 valence electrons. The summed E-state index contributed by atoms with van der Waals surface area (Å²) in [5.74, 6) is 0.625. The summed E-state index contributed by atoms with van der Waals surface area (Å²) in [6.07, 6.45) is 2.12. The van der Waals surface area contributed by atoms with E-state index in [-0.39, 0.29) is 18.3 Å². The number of rotatable bonds is 5. The van der Waals surface area contributed by atoms with Gasteiger partial charge in [-0.2, -0.15) is 4.57 Å². The molecule has 0 aliphatic carbocycles. The summed E-state index contributed by atoms with van der Waals surface area (Å²) in [4.78, 5) is 13.8. The van der Waals surface area contributed by atoms with Crippen molar-refractivity contribution >= 4 is 5.91 Å². The molecule has 1 N–H and O–H groups in total. The molecule has 0 radical (unpaired) electrons. The van der Waals surface area contributed by atoms with Crippen molar-refractivity contribution in [2.45, 2.75) is 26.8 Å². The van der Waals surface area contributed by atoms with Gasteiger partial charge < -0.3 is 19.5 Å². The van der Waals surface area contributed by atoms with Gasteiger partial charge in [0, 0.05) is 26.1 Å². The summed E-state index contributed by atoms with van der Waals surface area (Å²) in [5, 5.41) is 9.88. The molecule has 1 aliphatic heterocycles. The molecule has 0 spiro atoms. The number of hydrogen-bond donors (Lipinski definition) is 1. The molecule has 1 aromatic heterocycles. The number of aromatic nitrogens is 1. The van der Waals surface area contributed by atoms with Gasteiger partial charge in [0.1, 0.15) is 6.54 Å². The molecular formula is C15H23N2O4+. The molecule has 6 heteroatoms. The quantitative estimate of drug-likeness (QED) is 0.810. The third kappa shape index (κ3) is 3.85. The van der Waals surface area contributed by atoms with Crippen LogP contribution in [-0.2, 0) is 16.1 Å². The number of pyridine rings is 1. The maximum absolute atomic E-state index is 12.0. The molecule has 2 rings (SSSR count). The number of carbonyl (C=O) groups is 1. The highest BCUT2D eigenvalue weighted by molar-refractivity contribution is 5.76. The largest absolute Gasteiger partial charge is 0.504 e. The van der Waals surface area contributed by atoms with Gasteiger partial charge in [-0.05, 0) is 6.92 Å². The van der Waals surface area contributed by atoms with Crippen LogP contribution in [0.3, 0.4) is 0 Å². The predicted molar refractivity (Wildman–Crippen MR) is 76.2 cm³/mol. The van der Waals surface area contributed by atoms with Crippen LogP contribution >= 0.6 is 0 Å². The zero-order chi connectivity index (χ0) is 15.2. The molecule has 0 atom stereocenters. The number of aromatic hydroxyl groups is 1. The van der Waals surface area contributed by atoms with Crippen molar-refractivity contribution in [2.24, 2.45) is 0 Å². The van der Waals surface area contributed by atoms with Crippen molar-refractivity contribution in [3.63, 3.8) is 0 Å². The number of hydrogen-bond acceptors (Lipinski definition) is 4.